The summed E-state index contributed by atoms with van der Waals surface area (Å²) in [7, 11) is 0. The number of hydrogen-bond donors (Lipinski definition) is 2. The molecule has 1 saturated carbocycles. The van der Waals surface area contributed by atoms with Gasteiger partial charge in [0.15, 0.2) is 11.6 Å². The first kappa shape index (κ1) is 12.0. The molecule has 92 valence electrons. The minimum absolute atomic E-state index is 0.101. The van der Waals surface area contributed by atoms with E-state index in [1.807, 2.05) is 0 Å². The first-order valence-electron chi connectivity index (χ1n) is 5.57. The first-order valence-corrected chi connectivity index (χ1v) is 5.57. The van der Waals surface area contributed by atoms with Crippen LogP contribution in [0.2, 0.25) is 0 Å². The van der Waals surface area contributed by atoms with E-state index >= 15 is 0 Å². The average Bonchev–Trinajstić information content (AvgIpc) is 3.13. The second-order valence-electron chi connectivity index (χ2n) is 4.31. The van der Waals surface area contributed by atoms with Gasteiger partial charge in [-0.3, -0.25) is 4.79 Å². The molecule has 0 aromatic heterocycles. The van der Waals surface area contributed by atoms with E-state index in [9.17, 15) is 13.6 Å². The molecule has 3 N–H and O–H groups in total. The molecule has 0 bridgehead atoms. The van der Waals surface area contributed by atoms with E-state index in [2.05, 4.69) is 5.32 Å². The Balaban J connectivity index is 1.96. The Morgan fingerprint density at radius 1 is 1.47 bits per heavy atom. The third-order valence-electron chi connectivity index (χ3n) is 2.92. The molecular formula is C12H14F2N2O. The molecule has 1 aromatic rings. The number of nitrogens with two attached hydrogens (primary N) is 1. The monoisotopic (exact) mass is 240 g/mol. The van der Waals surface area contributed by atoms with E-state index in [-0.39, 0.29) is 11.6 Å². The van der Waals surface area contributed by atoms with Crippen molar-refractivity contribution >= 4 is 5.91 Å². The Labute approximate surface area is 98.0 Å². The Hall–Kier alpha value is -1.49. The minimum atomic E-state index is -1.12. The molecular weight excluding hydrogens is 226 g/mol. The third kappa shape index (κ3) is 2.79. The summed E-state index contributed by atoms with van der Waals surface area (Å²) >= 11 is 0. The molecule has 1 unspecified atom stereocenters. The number of halogens is 2. The van der Waals surface area contributed by atoms with E-state index in [0.29, 0.717) is 12.5 Å². The molecule has 1 amide bonds. The Bertz CT molecular complexity index is 433. The lowest BCUT2D eigenvalue weighted by molar-refractivity contribution is 0.0945. The van der Waals surface area contributed by atoms with Gasteiger partial charge in [0.25, 0.3) is 5.91 Å². The van der Waals surface area contributed by atoms with Crippen molar-refractivity contribution in [2.75, 3.05) is 6.54 Å². The van der Waals surface area contributed by atoms with Crippen LogP contribution in [0.5, 0.6) is 0 Å². The molecule has 1 aromatic carbocycles. The van der Waals surface area contributed by atoms with Crippen molar-refractivity contribution in [1.29, 1.82) is 0 Å². The van der Waals surface area contributed by atoms with Gasteiger partial charge in [0, 0.05) is 12.6 Å². The quantitative estimate of drug-likeness (QED) is 0.836. The van der Waals surface area contributed by atoms with E-state index < -0.39 is 17.5 Å². The largest absolute Gasteiger partial charge is 0.350 e. The average molecular weight is 240 g/mol. The number of nitrogens with one attached hydrogen (secondary N) is 1. The van der Waals surface area contributed by atoms with Crippen molar-refractivity contribution in [1.82, 2.24) is 5.32 Å². The summed E-state index contributed by atoms with van der Waals surface area (Å²) in [6, 6.07) is 3.42. The van der Waals surface area contributed by atoms with Gasteiger partial charge in [-0.05, 0) is 30.9 Å². The number of hydrogen-bond acceptors (Lipinski definition) is 2. The van der Waals surface area contributed by atoms with Crippen LogP contribution in [0.15, 0.2) is 18.2 Å². The van der Waals surface area contributed by atoms with Gasteiger partial charge >= 0.3 is 0 Å². The second-order valence-corrected chi connectivity index (χ2v) is 4.31. The topological polar surface area (TPSA) is 55.1 Å². The molecule has 1 fully saturated rings. The standard InChI is InChI=1S/C12H14F2N2O/c13-9-3-1-2-8(11(9)14)12(17)16-6-10(15)7-4-5-7/h1-3,7,10H,4-6,15H2,(H,16,17). The molecule has 0 spiro atoms. The Kier molecular flexibility index (Phi) is 3.38. The molecule has 17 heavy (non-hydrogen) atoms. The van der Waals surface area contributed by atoms with Crippen LogP contribution in [0.25, 0.3) is 0 Å². The zero-order chi connectivity index (χ0) is 12.4. The highest BCUT2D eigenvalue weighted by atomic mass is 19.2. The van der Waals surface area contributed by atoms with Crippen LogP contribution in [0.1, 0.15) is 23.2 Å². The van der Waals surface area contributed by atoms with Crippen molar-refractivity contribution in [2.24, 2.45) is 11.7 Å². The van der Waals surface area contributed by atoms with Crippen molar-refractivity contribution in [3.63, 3.8) is 0 Å². The summed E-state index contributed by atoms with van der Waals surface area (Å²) in [6.07, 6.45) is 2.15. The SMILES string of the molecule is NC(CNC(=O)c1cccc(F)c1F)C1CC1. The summed E-state index contributed by atoms with van der Waals surface area (Å²) in [5.41, 5.74) is 5.51. The predicted octanol–water partition coefficient (Wildman–Crippen LogP) is 1.43. The van der Waals surface area contributed by atoms with Crippen LogP contribution in [-0.4, -0.2) is 18.5 Å². The number of carbonyl (C=O) groups is 1. The molecule has 5 heteroatoms. The van der Waals surface area contributed by atoms with Crippen molar-refractivity contribution in [3.05, 3.63) is 35.4 Å². The van der Waals surface area contributed by atoms with Gasteiger partial charge in [0.2, 0.25) is 0 Å². The smallest absolute Gasteiger partial charge is 0.254 e. The van der Waals surface area contributed by atoms with Gasteiger partial charge < -0.3 is 11.1 Å². The molecule has 3 nitrogen and oxygen atoms in total. The number of benzene rings is 1. The van der Waals surface area contributed by atoms with Crippen LogP contribution in [0.3, 0.4) is 0 Å². The summed E-state index contributed by atoms with van der Waals surface area (Å²) < 4.78 is 26.2. The fraction of sp³-hybridized carbons (Fsp3) is 0.417. The van der Waals surface area contributed by atoms with Crippen LogP contribution < -0.4 is 11.1 Å². The van der Waals surface area contributed by atoms with Gasteiger partial charge in [-0.25, -0.2) is 8.78 Å². The highest BCUT2D eigenvalue weighted by molar-refractivity contribution is 5.94. The number of amides is 1. The molecule has 0 heterocycles. The predicted molar refractivity (Wildman–Crippen MR) is 59.4 cm³/mol. The van der Waals surface area contributed by atoms with Gasteiger partial charge in [-0.1, -0.05) is 6.07 Å². The fourth-order valence-corrected chi connectivity index (χ4v) is 1.68. The normalized spacial score (nSPS) is 16.6. The van der Waals surface area contributed by atoms with E-state index in [1.54, 1.807) is 0 Å². The zero-order valence-electron chi connectivity index (χ0n) is 9.25. The van der Waals surface area contributed by atoms with Gasteiger partial charge in [-0.2, -0.15) is 0 Å². The lowest BCUT2D eigenvalue weighted by Gasteiger charge is -2.11. The maximum absolute atomic E-state index is 13.3. The molecule has 0 saturated heterocycles. The highest BCUT2D eigenvalue weighted by Crippen LogP contribution is 2.31. The molecule has 2 rings (SSSR count). The highest BCUT2D eigenvalue weighted by Gasteiger charge is 2.28. The van der Waals surface area contributed by atoms with Crippen LogP contribution in [0.4, 0.5) is 8.78 Å². The maximum atomic E-state index is 13.3. The molecule has 1 aliphatic rings. The van der Waals surface area contributed by atoms with E-state index in [1.165, 1.54) is 12.1 Å². The molecule has 0 aliphatic heterocycles. The maximum Gasteiger partial charge on any atom is 0.254 e. The number of carbonyl (C=O) groups excluding carboxylic acids is 1. The lowest BCUT2D eigenvalue weighted by Crippen LogP contribution is -2.38. The Morgan fingerprint density at radius 3 is 2.82 bits per heavy atom. The van der Waals surface area contributed by atoms with Gasteiger partial charge in [0.1, 0.15) is 0 Å². The van der Waals surface area contributed by atoms with Gasteiger partial charge in [-0.15, -0.1) is 0 Å². The summed E-state index contributed by atoms with van der Waals surface area (Å²) in [5.74, 6) is -2.32. The lowest BCUT2D eigenvalue weighted by atomic mass is 10.1. The second kappa shape index (κ2) is 4.79. The molecule has 1 atom stereocenters. The van der Waals surface area contributed by atoms with Gasteiger partial charge in [0.05, 0.1) is 5.56 Å². The van der Waals surface area contributed by atoms with Crippen LogP contribution in [-0.2, 0) is 0 Å². The van der Waals surface area contributed by atoms with Crippen LogP contribution >= 0.6 is 0 Å². The number of rotatable bonds is 4. The van der Waals surface area contributed by atoms with Crippen LogP contribution in [0, 0.1) is 17.6 Å². The van der Waals surface area contributed by atoms with Crippen molar-refractivity contribution in [3.8, 4) is 0 Å². The fourth-order valence-electron chi connectivity index (χ4n) is 1.68. The van der Waals surface area contributed by atoms with Crippen molar-refractivity contribution < 1.29 is 13.6 Å². The first-order chi connectivity index (χ1) is 8.09. The van der Waals surface area contributed by atoms with Crippen molar-refractivity contribution in [2.45, 2.75) is 18.9 Å². The summed E-state index contributed by atoms with van der Waals surface area (Å²) in [5, 5.41) is 2.52. The van der Waals surface area contributed by atoms with E-state index in [0.717, 1.165) is 18.9 Å². The third-order valence-corrected chi connectivity index (χ3v) is 2.92. The Morgan fingerprint density at radius 2 is 2.18 bits per heavy atom. The minimum Gasteiger partial charge on any atom is -0.350 e. The summed E-state index contributed by atoms with van der Waals surface area (Å²) in [4.78, 5) is 11.6. The zero-order valence-corrected chi connectivity index (χ0v) is 9.25. The molecule has 1 aliphatic carbocycles. The summed E-state index contributed by atoms with van der Waals surface area (Å²) in [6.45, 7) is 0.291. The molecule has 0 radical (unpaired) electrons. The van der Waals surface area contributed by atoms with E-state index in [4.69, 9.17) is 5.73 Å².